The van der Waals surface area contributed by atoms with E-state index in [-0.39, 0.29) is 11.9 Å². The van der Waals surface area contributed by atoms with Crippen LogP contribution in [0.3, 0.4) is 0 Å². The number of rotatable bonds is 7. The van der Waals surface area contributed by atoms with Crippen LogP contribution in [0.4, 0.5) is 0 Å². The van der Waals surface area contributed by atoms with Crippen molar-refractivity contribution in [3.05, 3.63) is 58.6 Å². The molecule has 2 aromatic carbocycles. The van der Waals surface area contributed by atoms with Gasteiger partial charge in [-0.15, -0.1) is 0 Å². The number of methoxy groups -OCH3 is 2. The van der Waals surface area contributed by atoms with Crippen molar-refractivity contribution in [1.29, 1.82) is 0 Å². The molecule has 6 heteroatoms. The van der Waals surface area contributed by atoms with Crippen LogP contribution in [0, 0.1) is 0 Å². The highest BCUT2D eigenvalue weighted by molar-refractivity contribution is 6.31. The van der Waals surface area contributed by atoms with Gasteiger partial charge in [-0.25, -0.2) is 0 Å². The highest BCUT2D eigenvalue weighted by atomic mass is 35.5. The number of nitrogens with zero attached hydrogens (tertiary/aromatic N) is 1. The molecule has 1 unspecified atom stereocenters. The third kappa shape index (κ3) is 4.65. The molecule has 1 amide bonds. The van der Waals surface area contributed by atoms with Gasteiger partial charge in [-0.1, -0.05) is 29.8 Å². The minimum atomic E-state index is -0.235. The van der Waals surface area contributed by atoms with Crippen LogP contribution < -0.4 is 14.8 Å². The second-order valence-corrected chi connectivity index (χ2v) is 6.21. The Bertz CT molecular complexity index is 734. The number of hydrogen-bond acceptors (Lipinski definition) is 4. The molecule has 25 heavy (non-hydrogen) atoms. The second-order valence-electron chi connectivity index (χ2n) is 5.78. The first-order valence-electron chi connectivity index (χ1n) is 7.89. The van der Waals surface area contributed by atoms with Crippen LogP contribution in [0.2, 0.25) is 5.02 Å². The normalized spacial score (nSPS) is 11.9. The number of hydrogen-bond donors (Lipinski definition) is 1. The maximum atomic E-state index is 12.6. The Morgan fingerprint density at radius 1 is 1.12 bits per heavy atom. The lowest BCUT2D eigenvalue weighted by molar-refractivity contribution is 0.0938. The molecule has 0 saturated carbocycles. The highest BCUT2D eigenvalue weighted by Gasteiger charge is 2.20. The number of para-hydroxylation sites is 1. The summed E-state index contributed by atoms with van der Waals surface area (Å²) >= 11 is 6.01. The summed E-state index contributed by atoms with van der Waals surface area (Å²) in [5.41, 5.74) is 1.42. The first-order chi connectivity index (χ1) is 12.0. The summed E-state index contributed by atoms with van der Waals surface area (Å²) in [4.78, 5) is 14.6. The summed E-state index contributed by atoms with van der Waals surface area (Å²) in [6.07, 6.45) is 0. The largest absolute Gasteiger partial charge is 0.496 e. The molecule has 0 fully saturated rings. The predicted octanol–water partition coefficient (Wildman–Crippen LogP) is 3.39. The SMILES string of the molecule is COc1ccc(Cl)cc1C(=O)NCC(c1ccccc1OC)N(C)C. The molecule has 2 rings (SSSR count). The molecule has 134 valence electrons. The average molecular weight is 363 g/mol. The van der Waals surface area contributed by atoms with Crippen LogP contribution in [0.5, 0.6) is 11.5 Å². The van der Waals surface area contributed by atoms with E-state index in [9.17, 15) is 4.79 Å². The van der Waals surface area contributed by atoms with Crippen molar-refractivity contribution in [3.63, 3.8) is 0 Å². The van der Waals surface area contributed by atoms with E-state index >= 15 is 0 Å². The maximum Gasteiger partial charge on any atom is 0.255 e. The van der Waals surface area contributed by atoms with Crippen LogP contribution in [0.25, 0.3) is 0 Å². The van der Waals surface area contributed by atoms with E-state index in [0.717, 1.165) is 11.3 Å². The van der Waals surface area contributed by atoms with Crippen molar-refractivity contribution in [3.8, 4) is 11.5 Å². The van der Waals surface area contributed by atoms with Gasteiger partial charge in [0.05, 0.1) is 25.8 Å². The van der Waals surface area contributed by atoms with E-state index in [0.29, 0.717) is 22.9 Å². The summed E-state index contributed by atoms with van der Waals surface area (Å²) in [6, 6.07) is 12.7. The lowest BCUT2D eigenvalue weighted by Gasteiger charge is -2.26. The van der Waals surface area contributed by atoms with Gasteiger partial charge in [-0.2, -0.15) is 0 Å². The summed E-state index contributed by atoms with van der Waals surface area (Å²) in [5.74, 6) is 1.04. The number of carbonyl (C=O) groups excluding carboxylic acids is 1. The zero-order chi connectivity index (χ0) is 18.4. The molecule has 0 aliphatic rings. The summed E-state index contributed by atoms with van der Waals surface area (Å²) in [5, 5.41) is 3.44. The van der Waals surface area contributed by atoms with Gasteiger partial charge in [0.1, 0.15) is 11.5 Å². The number of benzene rings is 2. The Labute approximate surface area is 153 Å². The number of halogens is 1. The van der Waals surface area contributed by atoms with E-state index in [1.54, 1.807) is 25.3 Å². The van der Waals surface area contributed by atoms with Gasteiger partial charge in [0.15, 0.2) is 0 Å². The van der Waals surface area contributed by atoms with Crippen LogP contribution in [-0.4, -0.2) is 45.7 Å². The first kappa shape index (κ1) is 19.1. The maximum absolute atomic E-state index is 12.6. The zero-order valence-corrected chi connectivity index (χ0v) is 15.6. The van der Waals surface area contributed by atoms with Crippen LogP contribution in [-0.2, 0) is 0 Å². The average Bonchev–Trinajstić information content (AvgIpc) is 2.61. The Morgan fingerprint density at radius 2 is 1.80 bits per heavy atom. The molecule has 0 heterocycles. The van der Waals surface area contributed by atoms with Crippen molar-refractivity contribution in [2.45, 2.75) is 6.04 Å². The molecule has 2 aromatic rings. The van der Waals surface area contributed by atoms with E-state index in [1.165, 1.54) is 7.11 Å². The number of ether oxygens (including phenoxy) is 2. The third-order valence-corrected chi connectivity index (χ3v) is 4.22. The lowest BCUT2D eigenvalue weighted by Crippen LogP contribution is -2.34. The van der Waals surface area contributed by atoms with Crippen molar-refractivity contribution in [1.82, 2.24) is 10.2 Å². The van der Waals surface area contributed by atoms with Crippen molar-refractivity contribution >= 4 is 17.5 Å². The number of amides is 1. The van der Waals surface area contributed by atoms with E-state index < -0.39 is 0 Å². The summed E-state index contributed by atoms with van der Waals surface area (Å²) in [7, 11) is 7.09. The van der Waals surface area contributed by atoms with Gasteiger partial charge >= 0.3 is 0 Å². The molecule has 0 aliphatic carbocycles. The molecule has 0 spiro atoms. The fourth-order valence-corrected chi connectivity index (χ4v) is 2.83. The predicted molar refractivity (Wildman–Crippen MR) is 99.8 cm³/mol. The molecular weight excluding hydrogens is 340 g/mol. The van der Waals surface area contributed by atoms with Crippen LogP contribution in [0.1, 0.15) is 22.0 Å². The minimum absolute atomic E-state index is 0.0368. The molecule has 0 saturated heterocycles. The fourth-order valence-electron chi connectivity index (χ4n) is 2.65. The van der Waals surface area contributed by atoms with Crippen molar-refractivity contribution < 1.29 is 14.3 Å². The Hall–Kier alpha value is -2.24. The molecular formula is C19H23ClN2O3. The summed E-state index contributed by atoms with van der Waals surface area (Å²) < 4.78 is 10.7. The van der Waals surface area contributed by atoms with Crippen LogP contribution in [0.15, 0.2) is 42.5 Å². The molecule has 1 atom stereocenters. The zero-order valence-electron chi connectivity index (χ0n) is 14.9. The highest BCUT2D eigenvalue weighted by Crippen LogP contribution is 2.28. The Kier molecular flexibility index (Phi) is 6.67. The topological polar surface area (TPSA) is 50.8 Å². The van der Waals surface area contributed by atoms with Crippen molar-refractivity contribution in [2.24, 2.45) is 0 Å². The second kappa shape index (κ2) is 8.74. The van der Waals surface area contributed by atoms with Gasteiger partial charge < -0.3 is 19.7 Å². The summed E-state index contributed by atoms with van der Waals surface area (Å²) in [6.45, 7) is 0.419. The molecule has 5 nitrogen and oxygen atoms in total. The molecule has 0 aliphatic heterocycles. The smallest absolute Gasteiger partial charge is 0.255 e. The fraction of sp³-hybridized carbons (Fsp3) is 0.316. The first-order valence-corrected chi connectivity index (χ1v) is 8.26. The van der Waals surface area contributed by atoms with E-state index in [2.05, 4.69) is 5.32 Å². The number of nitrogens with one attached hydrogen (secondary N) is 1. The molecule has 0 aromatic heterocycles. The third-order valence-electron chi connectivity index (χ3n) is 3.98. The van der Waals surface area contributed by atoms with Gasteiger partial charge in [-0.3, -0.25) is 4.79 Å². The standard InChI is InChI=1S/C19H23ClN2O3/c1-22(2)16(14-7-5-6-8-17(14)24-3)12-21-19(23)15-11-13(20)9-10-18(15)25-4/h5-11,16H,12H2,1-4H3,(H,21,23). The monoisotopic (exact) mass is 362 g/mol. The lowest BCUT2D eigenvalue weighted by atomic mass is 10.0. The van der Waals surface area contributed by atoms with Crippen LogP contribution >= 0.6 is 11.6 Å². The number of carbonyl (C=O) groups is 1. The Balaban J connectivity index is 2.19. The molecule has 0 radical (unpaired) electrons. The Morgan fingerprint density at radius 3 is 2.44 bits per heavy atom. The van der Waals surface area contributed by atoms with Gasteiger partial charge in [0.25, 0.3) is 5.91 Å². The molecule has 0 bridgehead atoms. The quantitative estimate of drug-likeness (QED) is 0.820. The van der Waals surface area contributed by atoms with Gasteiger partial charge in [-0.05, 0) is 38.4 Å². The van der Waals surface area contributed by atoms with E-state index in [1.807, 2.05) is 43.3 Å². The van der Waals surface area contributed by atoms with Crippen molar-refractivity contribution in [2.75, 3.05) is 34.9 Å². The van der Waals surface area contributed by atoms with E-state index in [4.69, 9.17) is 21.1 Å². The van der Waals surface area contributed by atoms with Gasteiger partial charge in [0.2, 0.25) is 0 Å². The number of likely N-dealkylation sites (N-methyl/N-ethyl adjacent to an activating group) is 1. The molecule has 1 N–H and O–H groups in total. The van der Waals surface area contributed by atoms with Gasteiger partial charge in [0, 0.05) is 17.1 Å². The minimum Gasteiger partial charge on any atom is -0.496 e.